The molecule has 0 spiro atoms. The van der Waals surface area contributed by atoms with E-state index in [1.54, 1.807) is 12.2 Å². The molecule has 0 aromatic heterocycles. The van der Waals surface area contributed by atoms with Gasteiger partial charge in [0.05, 0.1) is 12.2 Å². The van der Waals surface area contributed by atoms with E-state index in [0.29, 0.717) is 0 Å². The van der Waals surface area contributed by atoms with Crippen molar-refractivity contribution in [3.8, 4) is 0 Å². The molecular formula is C22H28O2. The van der Waals surface area contributed by atoms with E-state index in [-0.39, 0.29) is 11.8 Å². The van der Waals surface area contributed by atoms with Crippen LogP contribution in [0.3, 0.4) is 0 Å². The van der Waals surface area contributed by atoms with Crippen LogP contribution < -0.4 is 0 Å². The fourth-order valence-corrected chi connectivity index (χ4v) is 2.17. The largest absolute Gasteiger partial charge is 0.388 e. The summed E-state index contributed by atoms with van der Waals surface area (Å²) in [7, 11) is 0. The first-order chi connectivity index (χ1) is 11.5. The van der Waals surface area contributed by atoms with Gasteiger partial charge in [-0.05, 0) is 11.1 Å². The van der Waals surface area contributed by atoms with E-state index in [9.17, 15) is 10.2 Å². The Morgan fingerprint density at radius 1 is 0.667 bits per heavy atom. The van der Waals surface area contributed by atoms with Gasteiger partial charge >= 0.3 is 0 Å². The number of aliphatic hydroxyl groups is 2. The van der Waals surface area contributed by atoms with Crippen molar-refractivity contribution >= 4 is 0 Å². The fraction of sp³-hybridized carbons (Fsp3) is 0.273. The quantitative estimate of drug-likeness (QED) is 0.727. The third kappa shape index (κ3) is 6.15. The molecule has 0 aliphatic carbocycles. The first-order valence-electron chi connectivity index (χ1n) is 8.22. The first kappa shape index (κ1) is 19.9. The van der Waals surface area contributed by atoms with Crippen LogP contribution in [0.25, 0.3) is 0 Å². The van der Waals surface area contributed by atoms with E-state index in [2.05, 4.69) is 13.2 Å². The summed E-state index contributed by atoms with van der Waals surface area (Å²) in [5.74, 6) is 0.208. The second-order valence-corrected chi connectivity index (χ2v) is 5.90. The molecule has 128 valence electrons. The molecule has 0 unspecified atom stereocenters. The molecule has 2 aromatic carbocycles. The average Bonchev–Trinajstić information content (AvgIpc) is 2.67. The highest BCUT2D eigenvalue weighted by molar-refractivity contribution is 5.19. The minimum Gasteiger partial charge on any atom is -0.388 e. The van der Waals surface area contributed by atoms with Crippen molar-refractivity contribution in [3.63, 3.8) is 0 Å². The Balaban J connectivity index is 0.000000240. The maximum atomic E-state index is 9.72. The second-order valence-electron chi connectivity index (χ2n) is 5.90. The van der Waals surface area contributed by atoms with Crippen molar-refractivity contribution in [1.29, 1.82) is 0 Å². The summed E-state index contributed by atoms with van der Waals surface area (Å²) >= 11 is 0. The zero-order valence-corrected chi connectivity index (χ0v) is 14.5. The summed E-state index contributed by atoms with van der Waals surface area (Å²) in [6.07, 6.45) is 2.67. The summed E-state index contributed by atoms with van der Waals surface area (Å²) < 4.78 is 0. The monoisotopic (exact) mass is 324 g/mol. The molecule has 0 saturated heterocycles. The summed E-state index contributed by atoms with van der Waals surface area (Å²) in [6.45, 7) is 11.2. The van der Waals surface area contributed by atoms with Crippen LogP contribution in [0.2, 0.25) is 0 Å². The van der Waals surface area contributed by atoms with Crippen molar-refractivity contribution in [2.45, 2.75) is 26.1 Å². The van der Waals surface area contributed by atoms with Crippen LogP contribution in [-0.4, -0.2) is 10.2 Å². The van der Waals surface area contributed by atoms with Gasteiger partial charge in [-0.15, -0.1) is 13.2 Å². The van der Waals surface area contributed by atoms with E-state index in [1.165, 1.54) is 0 Å². The van der Waals surface area contributed by atoms with Crippen molar-refractivity contribution in [1.82, 2.24) is 0 Å². The molecule has 2 heteroatoms. The fourth-order valence-electron chi connectivity index (χ4n) is 2.17. The number of rotatable bonds is 6. The number of benzene rings is 2. The topological polar surface area (TPSA) is 40.5 Å². The van der Waals surface area contributed by atoms with Crippen LogP contribution in [0.5, 0.6) is 0 Å². The minimum absolute atomic E-state index is 0.104. The minimum atomic E-state index is -0.427. The van der Waals surface area contributed by atoms with Gasteiger partial charge in [-0.1, -0.05) is 86.7 Å². The van der Waals surface area contributed by atoms with E-state index in [4.69, 9.17) is 0 Å². The van der Waals surface area contributed by atoms with Crippen LogP contribution in [0.15, 0.2) is 86.0 Å². The Morgan fingerprint density at radius 2 is 0.958 bits per heavy atom. The third-order valence-corrected chi connectivity index (χ3v) is 4.02. The van der Waals surface area contributed by atoms with Crippen molar-refractivity contribution < 1.29 is 10.2 Å². The molecule has 0 aliphatic rings. The molecule has 0 heterocycles. The summed E-state index contributed by atoms with van der Waals surface area (Å²) in [5, 5.41) is 19.4. The average molecular weight is 324 g/mol. The molecule has 0 fully saturated rings. The van der Waals surface area contributed by atoms with Gasteiger partial charge in [0.1, 0.15) is 0 Å². The van der Waals surface area contributed by atoms with Gasteiger partial charge in [0.15, 0.2) is 0 Å². The van der Waals surface area contributed by atoms with Crippen molar-refractivity contribution in [2.75, 3.05) is 0 Å². The molecular weight excluding hydrogens is 296 g/mol. The Kier molecular flexibility index (Phi) is 8.77. The standard InChI is InChI=1S/2C11H14O/c2*1-3-9(2)11(12)10-7-5-4-6-8-10/h2*3-9,11-12H,1H2,2H3/t9-,11+;9-,11-/m00/s1. The predicted molar refractivity (Wildman–Crippen MR) is 102 cm³/mol. The van der Waals surface area contributed by atoms with Crippen molar-refractivity contribution in [3.05, 3.63) is 97.1 Å². The molecule has 0 saturated carbocycles. The van der Waals surface area contributed by atoms with Crippen LogP contribution in [0.1, 0.15) is 37.2 Å². The van der Waals surface area contributed by atoms with E-state index in [1.807, 2.05) is 74.5 Å². The van der Waals surface area contributed by atoms with Gasteiger partial charge in [0.25, 0.3) is 0 Å². The highest BCUT2D eigenvalue weighted by atomic mass is 16.3. The molecule has 0 bridgehead atoms. The molecule has 0 radical (unpaired) electrons. The molecule has 4 atom stereocenters. The molecule has 0 aliphatic heterocycles. The number of hydrogen-bond donors (Lipinski definition) is 2. The Bertz CT molecular complexity index is 536. The van der Waals surface area contributed by atoms with Crippen LogP contribution >= 0.6 is 0 Å². The van der Waals surface area contributed by atoms with Gasteiger partial charge in [0, 0.05) is 11.8 Å². The Labute approximate surface area is 145 Å². The highest BCUT2D eigenvalue weighted by Gasteiger charge is 2.12. The molecule has 2 rings (SSSR count). The van der Waals surface area contributed by atoms with Gasteiger partial charge in [-0.3, -0.25) is 0 Å². The van der Waals surface area contributed by atoms with Gasteiger partial charge in [-0.2, -0.15) is 0 Å². The maximum Gasteiger partial charge on any atom is 0.0849 e. The van der Waals surface area contributed by atoms with Crippen molar-refractivity contribution in [2.24, 2.45) is 11.8 Å². The summed E-state index contributed by atoms with van der Waals surface area (Å²) in [6, 6.07) is 19.3. The Hall–Kier alpha value is -2.16. The van der Waals surface area contributed by atoms with Gasteiger partial charge in [-0.25, -0.2) is 0 Å². The lowest BCUT2D eigenvalue weighted by atomic mass is 9.98. The molecule has 2 aromatic rings. The highest BCUT2D eigenvalue weighted by Crippen LogP contribution is 2.22. The Morgan fingerprint density at radius 3 is 1.21 bits per heavy atom. The zero-order valence-electron chi connectivity index (χ0n) is 14.5. The molecule has 2 N–H and O–H groups in total. The lowest BCUT2D eigenvalue weighted by Crippen LogP contribution is -2.05. The zero-order chi connectivity index (χ0) is 17.9. The predicted octanol–water partition coefficient (Wildman–Crippen LogP) is 5.08. The second kappa shape index (κ2) is 10.6. The lowest BCUT2D eigenvalue weighted by molar-refractivity contribution is 0.139. The number of hydrogen-bond acceptors (Lipinski definition) is 2. The van der Waals surface area contributed by atoms with Crippen LogP contribution in [0.4, 0.5) is 0 Å². The first-order valence-corrected chi connectivity index (χ1v) is 8.22. The van der Waals surface area contributed by atoms with Gasteiger partial charge < -0.3 is 10.2 Å². The SMILES string of the molecule is C=C[C@H](C)[C@@H](O)c1ccccc1.C=C[C@H](C)[C@H](O)c1ccccc1. The number of aliphatic hydroxyl groups excluding tert-OH is 2. The molecule has 2 nitrogen and oxygen atoms in total. The maximum absolute atomic E-state index is 9.72. The third-order valence-electron chi connectivity index (χ3n) is 4.02. The van der Waals surface area contributed by atoms with E-state index >= 15 is 0 Å². The smallest absolute Gasteiger partial charge is 0.0849 e. The molecule has 24 heavy (non-hydrogen) atoms. The van der Waals surface area contributed by atoms with Crippen LogP contribution in [-0.2, 0) is 0 Å². The van der Waals surface area contributed by atoms with Gasteiger partial charge in [0.2, 0.25) is 0 Å². The van der Waals surface area contributed by atoms with E-state index in [0.717, 1.165) is 11.1 Å². The molecule has 0 amide bonds. The normalized spacial score (nSPS) is 15.2. The summed E-state index contributed by atoms with van der Waals surface area (Å²) in [4.78, 5) is 0. The van der Waals surface area contributed by atoms with Crippen LogP contribution in [0, 0.1) is 11.8 Å². The van der Waals surface area contributed by atoms with E-state index < -0.39 is 12.2 Å². The lowest BCUT2D eigenvalue weighted by Gasteiger charge is -2.14. The summed E-state index contributed by atoms with van der Waals surface area (Å²) in [5.41, 5.74) is 1.90.